The molecule has 0 bridgehead atoms. The molecule has 1 heterocycles. The van der Waals surface area contributed by atoms with Crippen LogP contribution in [-0.2, 0) is 0 Å². The minimum atomic E-state index is 0.286. The fourth-order valence-electron chi connectivity index (χ4n) is 1.33. The molecule has 0 saturated carbocycles. The second-order valence-corrected chi connectivity index (χ2v) is 4.84. The molecule has 2 rings (SSSR count). The van der Waals surface area contributed by atoms with Gasteiger partial charge in [0.05, 0.1) is 0 Å². The molecule has 3 heteroatoms. The molecule has 0 spiro atoms. The number of aromatic hydroxyl groups is 1. The average molecular weight is 219 g/mol. The van der Waals surface area contributed by atoms with E-state index in [-0.39, 0.29) is 5.75 Å². The summed E-state index contributed by atoms with van der Waals surface area (Å²) in [7, 11) is 0. The summed E-state index contributed by atoms with van der Waals surface area (Å²) in [6, 6.07) is 7.20. The van der Waals surface area contributed by atoms with E-state index in [9.17, 15) is 5.11 Å². The summed E-state index contributed by atoms with van der Waals surface area (Å²) in [5, 5.41) is 10.3. The summed E-state index contributed by atoms with van der Waals surface area (Å²) in [6.45, 7) is 4.31. The Morgan fingerprint density at radius 2 is 2.13 bits per heavy atom. The number of thiazole rings is 1. The van der Waals surface area contributed by atoms with Crippen LogP contribution in [0.1, 0.15) is 24.6 Å². The number of benzene rings is 1. The van der Waals surface area contributed by atoms with E-state index in [0.29, 0.717) is 5.92 Å². The lowest BCUT2D eigenvalue weighted by molar-refractivity contribution is 0.475. The lowest BCUT2D eigenvalue weighted by atomic mass is 10.2. The number of hydrogen-bond acceptors (Lipinski definition) is 3. The summed E-state index contributed by atoms with van der Waals surface area (Å²) >= 11 is 1.68. The molecule has 0 fully saturated rings. The van der Waals surface area contributed by atoms with E-state index in [1.54, 1.807) is 23.5 Å². The van der Waals surface area contributed by atoms with Gasteiger partial charge in [-0.05, 0) is 18.1 Å². The Labute approximate surface area is 93.2 Å². The maximum Gasteiger partial charge on any atom is 0.123 e. The van der Waals surface area contributed by atoms with Gasteiger partial charge in [-0.2, -0.15) is 0 Å². The molecule has 0 aliphatic rings. The monoisotopic (exact) mass is 219 g/mol. The maximum absolute atomic E-state index is 9.37. The summed E-state index contributed by atoms with van der Waals surface area (Å²) in [5.41, 5.74) is 0.979. The smallest absolute Gasteiger partial charge is 0.123 e. The molecule has 1 aromatic carbocycles. The van der Waals surface area contributed by atoms with Crippen LogP contribution in [0.15, 0.2) is 30.5 Å². The van der Waals surface area contributed by atoms with Gasteiger partial charge < -0.3 is 5.11 Å². The molecule has 0 aliphatic heterocycles. The fourth-order valence-corrected chi connectivity index (χ4v) is 2.24. The van der Waals surface area contributed by atoms with Crippen molar-refractivity contribution < 1.29 is 5.11 Å². The van der Waals surface area contributed by atoms with Crippen molar-refractivity contribution in [2.45, 2.75) is 19.8 Å². The van der Waals surface area contributed by atoms with E-state index in [0.717, 1.165) is 10.6 Å². The average Bonchev–Trinajstić information content (AvgIpc) is 2.66. The van der Waals surface area contributed by atoms with Crippen molar-refractivity contribution in [2.24, 2.45) is 0 Å². The highest BCUT2D eigenvalue weighted by atomic mass is 32.1. The highest BCUT2D eigenvalue weighted by Crippen LogP contribution is 2.30. The summed E-state index contributed by atoms with van der Waals surface area (Å²) in [4.78, 5) is 5.63. The third-order valence-corrected chi connectivity index (χ3v) is 3.53. The van der Waals surface area contributed by atoms with Crippen molar-refractivity contribution in [1.29, 1.82) is 0 Å². The molecule has 0 saturated heterocycles. The first kappa shape index (κ1) is 10.2. The van der Waals surface area contributed by atoms with Crippen LogP contribution in [0, 0.1) is 0 Å². The van der Waals surface area contributed by atoms with Crippen LogP contribution in [0.3, 0.4) is 0 Å². The van der Waals surface area contributed by atoms with Gasteiger partial charge in [-0.3, -0.25) is 0 Å². The standard InChI is InChI=1S/C12H13NOS/c1-8(2)11-7-13-12(15-11)9-4-3-5-10(14)6-9/h3-8,14H,1-2H3. The van der Waals surface area contributed by atoms with Crippen LogP contribution in [0.2, 0.25) is 0 Å². The number of phenols is 1. The van der Waals surface area contributed by atoms with Gasteiger partial charge in [-0.25, -0.2) is 4.98 Å². The van der Waals surface area contributed by atoms with E-state index in [2.05, 4.69) is 18.8 Å². The van der Waals surface area contributed by atoms with Crippen molar-refractivity contribution >= 4 is 11.3 Å². The molecule has 1 N–H and O–H groups in total. The SMILES string of the molecule is CC(C)c1cnc(-c2cccc(O)c2)s1. The van der Waals surface area contributed by atoms with Crippen LogP contribution < -0.4 is 0 Å². The molecule has 0 aliphatic carbocycles. The van der Waals surface area contributed by atoms with Gasteiger partial charge in [-0.1, -0.05) is 26.0 Å². The van der Waals surface area contributed by atoms with Crippen molar-refractivity contribution in [3.05, 3.63) is 35.3 Å². The van der Waals surface area contributed by atoms with Crippen molar-refractivity contribution in [3.63, 3.8) is 0 Å². The van der Waals surface area contributed by atoms with Crippen molar-refractivity contribution in [2.75, 3.05) is 0 Å². The van der Waals surface area contributed by atoms with Crippen molar-refractivity contribution in [1.82, 2.24) is 4.98 Å². The molecular weight excluding hydrogens is 206 g/mol. The Kier molecular flexibility index (Phi) is 2.73. The number of nitrogens with zero attached hydrogens (tertiary/aromatic N) is 1. The lowest BCUT2D eigenvalue weighted by Gasteiger charge is -1.98. The van der Waals surface area contributed by atoms with Gasteiger partial charge in [0.1, 0.15) is 10.8 Å². The van der Waals surface area contributed by atoms with Gasteiger partial charge >= 0.3 is 0 Å². The van der Waals surface area contributed by atoms with Crippen LogP contribution >= 0.6 is 11.3 Å². The number of rotatable bonds is 2. The Bertz CT molecular complexity index is 462. The molecule has 1 aromatic heterocycles. The van der Waals surface area contributed by atoms with Crippen LogP contribution in [0.25, 0.3) is 10.6 Å². The van der Waals surface area contributed by atoms with Crippen LogP contribution in [0.4, 0.5) is 0 Å². The normalized spacial score (nSPS) is 10.9. The zero-order valence-corrected chi connectivity index (χ0v) is 9.58. The summed E-state index contributed by atoms with van der Waals surface area (Å²) in [5.74, 6) is 0.794. The van der Waals surface area contributed by atoms with Gasteiger partial charge in [-0.15, -0.1) is 11.3 Å². The van der Waals surface area contributed by atoms with Crippen molar-refractivity contribution in [3.8, 4) is 16.3 Å². The highest BCUT2D eigenvalue weighted by Gasteiger charge is 2.07. The zero-order valence-electron chi connectivity index (χ0n) is 8.77. The molecule has 0 radical (unpaired) electrons. The third kappa shape index (κ3) is 2.18. The van der Waals surface area contributed by atoms with E-state index < -0.39 is 0 Å². The van der Waals surface area contributed by atoms with E-state index in [1.165, 1.54) is 4.88 Å². The summed E-state index contributed by atoms with van der Waals surface area (Å²) < 4.78 is 0. The minimum Gasteiger partial charge on any atom is -0.508 e. The molecule has 0 amide bonds. The first-order chi connectivity index (χ1) is 7.16. The molecular formula is C12H13NOS. The molecule has 2 nitrogen and oxygen atoms in total. The molecule has 0 unspecified atom stereocenters. The Morgan fingerprint density at radius 3 is 2.73 bits per heavy atom. The molecule has 2 aromatic rings. The minimum absolute atomic E-state index is 0.286. The molecule has 15 heavy (non-hydrogen) atoms. The van der Waals surface area contributed by atoms with Gasteiger partial charge in [0, 0.05) is 16.6 Å². The quantitative estimate of drug-likeness (QED) is 0.836. The first-order valence-corrected chi connectivity index (χ1v) is 5.73. The van der Waals surface area contributed by atoms with E-state index in [4.69, 9.17) is 0 Å². The topological polar surface area (TPSA) is 33.1 Å². The van der Waals surface area contributed by atoms with Crippen LogP contribution in [-0.4, -0.2) is 10.1 Å². The summed E-state index contributed by atoms with van der Waals surface area (Å²) in [6.07, 6.45) is 1.91. The molecule has 0 atom stereocenters. The number of hydrogen-bond donors (Lipinski definition) is 1. The molecule has 78 valence electrons. The van der Waals surface area contributed by atoms with Crippen LogP contribution in [0.5, 0.6) is 5.75 Å². The van der Waals surface area contributed by atoms with Gasteiger partial charge in [0.2, 0.25) is 0 Å². The predicted octanol–water partition coefficient (Wildman–Crippen LogP) is 3.64. The fraction of sp³-hybridized carbons (Fsp3) is 0.250. The zero-order chi connectivity index (χ0) is 10.8. The number of phenolic OH excluding ortho intramolecular Hbond substituents is 1. The van der Waals surface area contributed by atoms with E-state index in [1.807, 2.05) is 18.3 Å². The third-order valence-electron chi connectivity index (χ3n) is 2.19. The Hall–Kier alpha value is -1.35. The van der Waals surface area contributed by atoms with Gasteiger partial charge in [0.25, 0.3) is 0 Å². The second-order valence-electron chi connectivity index (χ2n) is 3.77. The second kappa shape index (κ2) is 4.03. The Balaban J connectivity index is 2.37. The van der Waals surface area contributed by atoms with Gasteiger partial charge in [0.15, 0.2) is 0 Å². The largest absolute Gasteiger partial charge is 0.508 e. The lowest BCUT2D eigenvalue weighted by Crippen LogP contribution is -1.77. The number of aromatic nitrogens is 1. The Morgan fingerprint density at radius 1 is 1.33 bits per heavy atom. The first-order valence-electron chi connectivity index (χ1n) is 4.92. The maximum atomic E-state index is 9.37. The van der Waals surface area contributed by atoms with E-state index >= 15 is 0 Å². The highest BCUT2D eigenvalue weighted by molar-refractivity contribution is 7.15. The predicted molar refractivity (Wildman–Crippen MR) is 63.3 cm³/mol.